The summed E-state index contributed by atoms with van der Waals surface area (Å²) in [5, 5.41) is 0. The Kier molecular flexibility index (Phi) is 2.20. The number of nitrogens with zero attached hydrogens (tertiary/aromatic N) is 3. The van der Waals surface area contributed by atoms with Gasteiger partial charge < -0.3 is 4.90 Å². The summed E-state index contributed by atoms with van der Waals surface area (Å²) in [5.74, 6) is 0.544. The van der Waals surface area contributed by atoms with Crippen LogP contribution in [-0.2, 0) is 4.79 Å². The number of piperidine rings is 3. The van der Waals surface area contributed by atoms with Gasteiger partial charge in [-0.2, -0.15) is 0 Å². The highest BCUT2D eigenvalue weighted by Gasteiger charge is 2.36. The highest BCUT2D eigenvalue weighted by Crippen LogP contribution is 2.32. The van der Waals surface area contributed by atoms with E-state index < -0.39 is 0 Å². The Balaban J connectivity index is 1.95. The Morgan fingerprint density at radius 3 is 2.56 bits per heavy atom. The van der Waals surface area contributed by atoms with Crippen LogP contribution >= 0.6 is 0 Å². The summed E-state index contributed by atoms with van der Waals surface area (Å²) in [5.41, 5.74) is 1.75. The number of allylic oxidation sites excluding steroid dienone is 1. The van der Waals surface area contributed by atoms with E-state index in [1.54, 1.807) is 12.4 Å². The molecule has 4 rings (SSSR count). The molecule has 0 aromatic carbocycles. The molecule has 0 saturated carbocycles. The molecule has 1 aromatic heterocycles. The van der Waals surface area contributed by atoms with Gasteiger partial charge in [0.15, 0.2) is 5.78 Å². The fraction of sp³-hybridized carbons (Fsp3) is 0.417. The Morgan fingerprint density at radius 1 is 1.25 bits per heavy atom. The zero-order chi connectivity index (χ0) is 11.0. The minimum atomic E-state index is 0.251. The Labute approximate surface area is 94.0 Å². The molecule has 4 nitrogen and oxygen atoms in total. The van der Waals surface area contributed by atoms with Crippen molar-refractivity contribution in [2.75, 3.05) is 13.1 Å². The largest absolute Gasteiger partial charge is 0.369 e. The lowest BCUT2D eigenvalue weighted by molar-refractivity contribution is -0.125. The van der Waals surface area contributed by atoms with Crippen molar-refractivity contribution in [1.82, 2.24) is 14.9 Å². The minimum absolute atomic E-state index is 0.251. The second-order valence-corrected chi connectivity index (χ2v) is 4.33. The first-order chi connectivity index (χ1) is 7.84. The van der Waals surface area contributed by atoms with Gasteiger partial charge >= 0.3 is 0 Å². The summed E-state index contributed by atoms with van der Waals surface area (Å²) in [7, 11) is 0. The molecule has 1 aromatic rings. The van der Waals surface area contributed by atoms with Crippen LogP contribution in [0.1, 0.15) is 18.4 Å². The third kappa shape index (κ3) is 1.50. The first-order valence-electron chi connectivity index (χ1n) is 5.60. The summed E-state index contributed by atoms with van der Waals surface area (Å²) in [4.78, 5) is 22.1. The molecule has 3 aliphatic rings. The number of carbonyl (C=O) groups excluding carboxylic acids is 1. The second kappa shape index (κ2) is 3.70. The monoisotopic (exact) mass is 215 g/mol. The lowest BCUT2D eigenvalue weighted by Crippen LogP contribution is -2.45. The smallest absolute Gasteiger partial charge is 0.182 e. The Bertz CT molecular complexity index is 433. The lowest BCUT2D eigenvalue weighted by atomic mass is 9.84. The Hall–Kier alpha value is -1.71. The van der Waals surface area contributed by atoms with Crippen LogP contribution in [0.4, 0.5) is 0 Å². The van der Waals surface area contributed by atoms with Gasteiger partial charge in [-0.3, -0.25) is 4.79 Å². The summed E-state index contributed by atoms with van der Waals surface area (Å²) < 4.78 is 0. The number of fused-ring (bicyclic) bond motifs is 3. The number of ketones is 1. The lowest BCUT2D eigenvalue weighted by Gasteiger charge is -2.41. The fourth-order valence-electron chi connectivity index (χ4n) is 2.45. The first kappa shape index (κ1) is 9.51. The van der Waals surface area contributed by atoms with Gasteiger partial charge in [0.25, 0.3) is 0 Å². The number of hydrogen-bond donors (Lipinski definition) is 0. The molecule has 16 heavy (non-hydrogen) atoms. The predicted molar refractivity (Wildman–Crippen MR) is 59.3 cm³/mol. The van der Waals surface area contributed by atoms with Gasteiger partial charge in [0.2, 0.25) is 0 Å². The van der Waals surface area contributed by atoms with Crippen LogP contribution in [0.2, 0.25) is 0 Å². The molecule has 0 N–H and O–H groups in total. The van der Waals surface area contributed by atoms with Gasteiger partial charge in [-0.05, 0) is 18.9 Å². The summed E-state index contributed by atoms with van der Waals surface area (Å²) in [6.07, 6.45) is 8.90. The third-order valence-electron chi connectivity index (χ3n) is 3.34. The van der Waals surface area contributed by atoms with Crippen molar-refractivity contribution in [3.63, 3.8) is 0 Å². The predicted octanol–water partition coefficient (Wildman–Crippen LogP) is 1.11. The molecule has 2 bridgehead atoms. The number of aromatic nitrogens is 2. The number of rotatable bonds is 1. The van der Waals surface area contributed by atoms with E-state index in [0.717, 1.165) is 37.2 Å². The summed E-state index contributed by atoms with van der Waals surface area (Å²) >= 11 is 0. The molecule has 0 unspecified atom stereocenters. The van der Waals surface area contributed by atoms with Crippen LogP contribution in [0.25, 0.3) is 6.08 Å². The topological polar surface area (TPSA) is 46.1 Å². The minimum Gasteiger partial charge on any atom is -0.369 e. The van der Waals surface area contributed by atoms with Crippen molar-refractivity contribution in [3.8, 4) is 0 Å². The molecule has 4 heteroatoms. The van der Waals surface area contributed by atoms with E-state index >= 15 is 0 Å². The quantitative estimate of drug-likeness (QED) is 0.658. The molecule has 82 valence electrons. The SMILES string of the molecule is O=C1/C(=C\c2cncnc2)N2CCC1CC2. The van der Waals surface area contributed by atoms with Crippen molar-refractivity contribution in [2.45, 2.75) is 12.8 Å². The van der Waals surface area contributed by atoms with E-state index in [1.807, 2.05) is 6.08 Å². The average Bonchev–Trinajstić information content (AvgIpc) is 2.36. The van der Waals surface area contributed by atoms with E-state index in [0.29, 0.717) is 5.78 Å². The standard InChI is InChI=1S/C12H13N3O/c16-12-10-1-3-15(4-2-10)11(12)5-9-6-13-8-14-7-9/h5-8,10H,1-4H2/b11-5+. The Morgan fingerprint density at radius 2 is 1.94 bits per heavy atom. The van der Waals surface area contributed by atoms with E-state index in [4.69, 9.17) is 0 Å². The van der Waals surface area contributed by atoms with Crippen molar-refractivity contribution >= 4 is 11.9 Å². The molecule has 0 spiro atoms. The molecule has 0 atom stereocenters. The van der Waals surface area contributed by atoms with Crippen molar-refractivity contribution in [3.05, 3.63) is 30.0 Å². The molecule has 0 aliphatic carbocycles. The van der Waals surface area contributed by atoms with Gasteiger partial charge in [0.05, 0.1) is 5.70 Å². The van der Waals surface area contributed by atoms with E-state index in [2.05, 4.69) is 14.9 Å². The average molecular weight is 215 g/mol. The maximum absolute atomic E-state index is 12.0. The first-order valence-corrected chi connectivity index (χ1v) is 5.60. The van der Waals surface area contributed by atoms with Crippen molar-refractivity contribution in [2.24, 2.45) is 5.92 Å². The van der Waals surface area contributed by atoms with Crippen LogP contribution < -0.4 is 0 Å². The molecule has 3 saturated heterocycles. The molecular weight excluding hydrogens is 202 g/mol. The normalized spacial score (nSPS) is 23.1. The second-order valence-electron chi connectivity index (χ2n) is 4.33. The van der Waals surface area contributed by atoms with Gasteiger partial charge in [-0.1, -0.05) is 0 Å². The maximum Gasteiger partial charge on any atom is 0.182 e. The highest BCUT2D eigenvalue weighted by atomic mass is 16.1. The molecular formula is C12H13N3O. The van der Waals surface area contributed by atoms with Crippen molar-refractivity contribution < 1.29 is 4.79 Å². The van der Waals surface area contributed by atoms with Gasteiger partial charge in [0, 0.05) is 37.0 Å². The fourth-order valence-corrected chi connectivity index (χ4v) is 2.45. The molecule has 4 heterocycles. The molecule has 3 aliphatic heterocycles. The third-order valence-corrected chi connectivity index (χ3v) is 3.34. The summed E-state index contributed by atoms with van der Waals surface area (Å²) in [6, 6.07) is 0. The zero-order valence-corrected chi connectivity index (χ0v) is 8.97. The van der Waals surface area contributed by atoms with Crippen LogP contribution in [-0.4, -0.2) is 33.7 Å². The number of carbonyl (C=O) groups is 1. The zero-order valence-electron chi connectivity index (χ0n) is 8.97. The summed E-state index contributed by atoms with van der Waals surface area (Å²) in [6.45, 7) is 2.02. The molecule has 3 fully saturated rings. The van der Waals surface area contributed by atoms with Gasteiger partial charge in [0.1, 0.15) is 6.33 Å². The molecule has 0 amide bonds. The van der Waals surface area contributed by atoms with E-state index in [9.17, 15) is 4.79 Å². The molecule has 0 radical (unpaired) electrons. The van der Waals surface area contributed by atoms with E-state index in [-0.39, 0.29) is 5.92 Å². The number of hydrogen-bond acceptors (Lipinski definition) is 4. The van der Waals surface area contributed by atoms with Gasteiger partial charge in [-0.15, -0.1) is 0 Å². The highest BCUT2D eigenvalue weighted by molar-refractivity contribution is 6.01. The maximum atomic E-state index is 12.0. The number of Topliss-reactive ketones (excluding diaryl/α,β-unsaturated/α-hetero) is 1. The van der Waals surface area contributed by atoms with Crippen LogP contribution in [0, 0.1) is 5.92 Å². The van der Waals surface area contributed by atoms with Gasteiger partial charge in [-0.25, -0.2) is 9.97 Å². The van der Waals surface area contributed by atoms with Crippen molar-refractivity contribution in [1.29, 1.82) is 0 Å². The van der Waals surface area contributed by atoms with E-state index in [1.165, 1.54) is 6.33 Å². The van der Waals surface area contributed by atoms with Crippen LogP contribution in [0.3, 0.4) is 0 Å². The van der Waals surface area contributed by atoms with Crippen LogP contribution in [0.5, 0.6) is 0 Å². The van der Waals surface area contributed by atoms with Crippen LogP contribution in [0.15, 0.2) is 24.4 Å².